The Labute approximate surface area is 126 Å². The molecule has 0 saturated heterocycles. The minimum Gasteiger partial charge on any atom is -0.312 e. The number of thioether (sulfide) groups is 1. The highest BCUT2D eigenvalue weighted by Crippen LogP contribution is 2.33. The molecule has 0 heterocycles. The minimum atomic E-state index is 0.363. The topological polar surface area (TPSA) is 12.0 Å². The lowest BCUT2D eigenvalue weighted by Gasteiger charge is -2.24. The summed E-state index contributed by atoms with van der Waals surface area (Å²) in [4.78, 5) is 1.37. The van der Waals surface area contributed by atoms with Crippen LogP contribution in [-0.2, 0) is 0 Å². The van der Waals surface area contributed by atoms with E-state index < -0.39 is 0 Å². The van der Waals surface area contributed by atoms with Gasteiger partial charge in [0.2, 0.25) is 0 Å². The number of rotatable bonds is 5. The van der Waals surface area contributed by atoms with Crippen LogP contribution in [0.2, 0.25) is 0 Å². The standard InChI is InChI=1S/C18H23NS/c1-13-10-11-17(14(2)12-13)20-15(3)18(19-4)16-8-6-5-7-9-16/h5-12,15,18-19H,1-4H3. The van der Waals surface area contributed by atoms with E-state index in [0.29, 0.717) is 11.3 Å². The van der Waals surface area contributed by atoms with Gasteiger partial charge in [-0.15, -0.1) is 11.8 Å². The van der Waals surface area contributed by atoms with Crippen molar-refractivity contribution >= 4 is 11.8 Å². The quantitative estimate of drug-likeness (QED) is 0.796. The molecule has 0 aliphatic heterocycles. The Morgan fingerprint density at radius 1 is 1.00 bits per heavy atom. The van der Waals surface area contributed by atoms with Crippen molar-refractivity contribution in [2.45, 2.75) is 37.0 Å². The average molecular weight is 285 g/mol. The molecule has 2 atom stereocenters. The average Bonchev–Trinajstić information content (AvgIpc) is 2.44. The predicted octanol–water partition coefficient (Wildman–Crippen LogP) is 4.74. The summed E-state index contributed by atoms with van der Waals surface area (Å²) in [5, 5.41) is 3.92. The van der Waals surface area contributed by atoms with Crippen LogP contribution < -0.4 is 5.32 Å². The molecule has 0 fully saturated rings. The Bertz CT molecular complexity index is 551. The van der Waals surface area contributed by atoms with Gasteiger partial charge in [-0.1, -0.05) is 55.0 Å². The Hall–Kier alpha value is -1.25. The van der Waals surface area contributed by atoms with Crippen LogP contribution >= 0.6 is 11.8 Å². The van der Waals surface area contributed by atoms with Crippen molar-refractivity contribution in [1.82, 2.24) is 5.32 Å². The van der Waals surface area contributed by atoms with Gasteiger partial charge >= 0.3 is 0 Å². The molecule has 2 aromatic carbocycles. The van der Waals surface area contributed by atoms with Crippen molar-refractivity contribution in [3.8, 4) is 0 Å². The molecule has 2 unspecified atom stereocenters. The lowest BCUT2D eigenvalue weighted by molar-refractivity contribution is 0.589. The van der Waals surface area contributed by atoms with Crippen LogP contribution in [0, 0.1) is 13.8 Å². The second-order valence-corrected chi connectivity index (χ2v) is 6.69. The first-order chi connectivity index (χ1) is 9.61. The zero-order valence-corrected chi connectivity index (χ0v) is 13.5. The first-order valence-electron chi connectivity index (χ1n) is 7.08. The molecule has 0 radical (unpaired) electrons. The maximum absolute atomic E-state index is 3.45. The molecule has 20 heavy (non-hydrogen) atoms. The Balaban J connectivity index is 2.15. The van der Waals surface area contributed by atoms with Crippen LogP contribution in [0.15, 0.2) is 53.4 Å². The molecule has 0 amide bonds. The minimum absolute atomic E-state index is 0.363. The van der Waals surface area contributed by atoms with Gasteiger partial charge in [0.15, 0.2) is 0 Å². The van der Waals surface area contributed by atoms with Crippen molar-refractivity contribution in [2.24, 2.45) is 0 Å². The fourth-order valence-corrected chi connectivity index (χ4v) is 3.75. The fourth-order valence-electron chi connectivity index (χ4n) is 2.53. The van der Waals surface area contributed by atoms with Crippen LogP contribution in [0.25, 0.3) is 0 Å². The molecular weight excluding hydrogens is 262 g/mol. The van der Waals surface area contributed by atoms with Gasteiger partial charge in [-0.25, -0.2) is 0 Å². The molecule has 0 saturated carbocycles. The predicted molar refractivity (Wildman–Crippen MR) is 89.5 cm³/mol. The van der Waals surface area contributed by atoms with Gasteiger partial charge in [0.25, 0.3) is 0 Å². The summed E-state index contributed by atoms with van der Waals surface area (Å²) >= 11 is 1.94. The fraction of sp³-hybridized carbons (Fsp3) is 0.333. The maximum atomic E-state index is 3.45. The van der Waals surface area contributed by atoms with E-state index in [4.69, 9.17) is 0 Å². The molecule has 2 rings (SSSR count). The van der Waals surface area contributed by atoms with E-state index in [0.717, 1.165) is 0 Å². The van der Waals surface area contributed by atoms with Crippen LogP contribution in [0.4, 0.5) is 0 Å². The highest BCUT2D eigenvalue weighted by Gasteiger charge is 2.18. The lowest BCUT2D eigenvalue weighted by Crippen LogP contribution is -2.25. The summed E-state index contributed by atoms with van der Waals surface area (Å²) in [7, 11) is 2.04. The van der Waals surface area contributed by atoms with Gasteiger partial charge in [0, 0.05) is 16.2 Å². The van der Waals surface area contributed by atoms with Gasteiger partial charge in [-0.3, -0.25) is 0 Å². The molecule has 1 nitrogen and oxygen atoms in total. The first kappa shape index (κ1) is 15.1. The van der Waals surface area contributed by atoms with E-state index in [1.807, 2.05) is 18.8 Å². The summed E-state index contributed by atoms with van der Waals surface area (Å²) in [6, 6.07) is 17.7. The van der Waals surface area contributed by atoms with Crippen molar-refractivity contribution in [3.05, 3.63) is 65.2 Å². The monoisotopic (exact) mass is 285 g/mol. The molecule has 0 aliphatic carbocycles. The third kappa shape index (κ3) is 3.65. The Morgan fingerprint density at radius 3 is 2.30 bits per heavy atom. The molecule has 0 bridgehead atoms. The number of aryl methyl sites for hydroxylation is 2. The normalized spacial score (nSPS) is 14.0. The van der Waals surface area contributed by atoms with Gasteiger partial charge in [0.1, 0.15) is 0 Å². The van der Waals surface area contributed by atoms with Crippen LogP contribution in [0.5, 0.6) is 0 Å². The summed E-state index contributed by atoms with van der Waals surface area (Å²) < 4.78 is 0. The van der Waals surface area contributed by atoms with Crippen molar-refractivity contribution in [3.63, 3.8) is 0 Å². The van der Waals surface area contributed by atoms with Crippen molar-refractivity contribution in [2.75, 3.05) is 7.05 Å². The molecule has 0 aromatic heterocycles. The van der Waals surface area contributed by atoms with E-state index in [-0.39, 0.29) is 0 Å². The zero-order chi connectivity index (χ0) is 14.5. The van der Waals surface area contributed by atoms with E-state index in [2.05, 4.69) is 74.6 Å². The molecule has 1 N–H and O–H groups in total. The summed E-state index contributed by atoms with van der Waals surface area (Å²) in [6.07, 6.45) is 0. The van der Waals surface area contributed by atoms with Gasteiger partial charge < -0.3 is 5.32 Å². The van der Waals surface area contributed by atoms with Crippen molar-refractivity contribution < 1.29 is 0 Å². The Morgan fingerprint density at radius 2 is 1.70 bits per heavy atom. The first-order valence-corrected chi connectivity index (χ1v) is 7.96. The second kappa shape index (κ2) is 6.96. The second-order valence-electron chi connectivity index (χ2n) is 5.27. The van der Waals surface area contributed by atoms with Crippen LogP contribution in [-0.4, -0.2) is 12.3 Å². The highest BCUT2D eigenvalue weighted by atomic mass is 32.2. The van der Waals surface area contributed by atoms with Crippen molar-refractivity contribution in [1.29, 1.82) is 0 Å². The lowest BCUT2D eigenvalue weighted by atomic mass is 10.0. The SMILES string of the molecule is CNC(c1ccccc1)C(C)Sc1ccc(C)cc1C. The Kier molecular flexibility index (Phi) is 5.27. The molecule has 2 aromatic rings. The third-order valence-electron chi connectivity index (χ3n) is 3.58. The van der Waals surface area contributed by atoms with E-state index in [1.165, 1.54) is 21.6 Å². The van der Waals surface area contributed by atoms with Gasteiger partial charge in [-0.2, -0.15) is 0 Å². The van der Waals surface area contributed by atoms with E-state index in [1.54, 1.807) is 0 Å². The van der Waals surface area contributed by atoms with E-state index >= 15 is 0 Å². The largest absolute Gasteiger partial charge is 0.312 e. The molecule has 106 valence electrons. The van der Waals surface area contributed by atoms with Crippen LogP contribution in [0.3, 0.4) is 0 Å². The number of hydrogen-bond donors (Lipinski definition) is 1. The number of nitrogens with one attached hydrogen (secondary N) is 1. The molecule has 2 heteroatoms. The van der Waals surface area contributed by atoms with E-state index in [9.17, 15) is 0 Å². The number of hydrogen-bond acceptors (Lipinski definition) is 2. The summed E-state index contributed by atoms with van der Waals surface area (Å²) in [5.74, 6) is 0. The van der Waals surface area contributed by atoms with Gasteiger partial charge in [-0.05, 0) is 38.1 Å². The smallest absolute Gasteiger partial charge is 0.0438 e. The summed E-state index contributed by atoms with van der Waals surface area (Å²) in [5.41, 5.74) is 4.04. The van der Waals surface area contributed by atoms with Gasteiger partial charge in [0.05, 0.1) is 0 Å². The zero-order valence-electron chi connectivity index (χ0n) is 12.7. The molecule has 0 aliphatic rings. The maximum Gasteiger partial charge on any atom is 0.0438 e. The molecular formula is C18H23NS. The highest BCUT2D eigenvalue weighted by molar-refractivity contribution is 8.00. The third-order valence-corrected chi connectivity index (χ3v) is 4.94. The molecule has 0 spiro atoms. The number of benzene rings is 2. The summed E-state index contributed by atoms with van der Waals surface area (Å²) in [6.45, 7) is 6.63. The van der Waals surface area contributed by atoms with Crippen LogP contribution in [0.1, 0.15) is 29.7 Å².